The fourth-order valence-corrected chi connectivity index (χ4v) is 3.99. The molecule has 2 heterocycles. The van der Waals surface area contributed by atoms with Crippen LogP contribution in [0.4, 0.5) is 4.79 Å². The van der Waals surface area contributed by atoms with Gasteiger partial charge in [-0.1, -0.05) is 42.5 Å². The summed E-state index contributed by atoms with van der Waals surface area (Å²) in [5.74, 6) is -0.143. The molecule has 0 aromatic heterocycles. The fourth-order valence-electron chi connectivity index (χ4n) is 3.99. The van der Waals surface area contributed by atoms with E-state index in [1.54, 1.807) is 9.80 Å². The molecule has 0 spiro atoms. The first-order valence-electron chi connectivity index (χ1n) is 10.2. The van der Waals surface area contributed by atoms with Gasteiger partial charge >= 0.3 is 6.09 Å². The molecule has 0 radical (unpaired) electrons. The van der Waals surface area contributed by atoms with E-state index in [0.717, 1.165) is 12.0 Å². The molecule has 2 unspecified atom stereocenters. The van der Waals surface area contributed by atoms with Crippen molar-refractivity contribution >= 4 is 18.1 Å². The number of benzene rings is 1. The van der Waals surface area contributed by atoms with Crippen LogP contribution in [0.1, 0.15) is 52.0 Å². The summed E-state index contributed by atoms with van der Waals surface area (Å²) in [6, 6.07) is 10.9. The summed E-state index contributed by atoms with van der Waals surface area (Å²) >= 11 is 0. The highest BCUT2D eigenvalue weighted by Gasteiger charge is 2.45. The Labute approximate surface area is 172 Å². The zero-order valence-corrected chi connectivity index (χ0v) is 17.4. The van der Waals surface area contributed by atoms with Gasteiger partial charge in [0, 0.05) is 6.54 Å². The summed E-state index contributed by atoms with van der Waals surface area (Å²) in [5, 5.41) is 9.36. The molecule has 0 saturated carbocycles. The minimum atomic E-state index is -0.649. The van der Waals surface area contributed by atoms with Crippen molar-refractivity contribution in [1.82, 2.24) is 9.80 Å². The van der Waals surface area contributed by atoms with Crippen molar-refractivity contribution in [1.29, 1.82) is 5.26 Å². The van der Waals surface area contributed by atoms with Crippen LogP contribution in [-0.2, 0) is 9.53 Å². The Morgan fingerprint density at radius 1 is 1.17 bits per heavy atom. The Morgan fingerprint density at radius 3 is 2.55 bits per heavy atom. The van der Waals surface area contributed by atoms with Crippen molar-refractivity contribution < 1.29 is 14.3 Å². The van der Waals surface area contributed by atoms with Crippen LogP contribution < -0.4 is 0 Å². The van der Waals surface area contributed by atoms with E-state index >= 15 is 0 Å². The van der Waals surface area contributed by atoms with Gasteiger partial charge in [0.2, 0.25) is 5.91 Å². The maximum absolute atomic E-state index is 13.2. The zero-order valence-electron chi connectivity index (χ0n) is 17.4. The Morgan fingerprint density at radius 2 is 1.90 bits per heavy atom. The lowest BCUT2D eigenvalue weighted by atomic mass is 10.1. The summed E-state index contributed by atoms with van der Waals surface area (Å²) in [6.45, 7) is 6.02. The number of amides is 2. The number of hydrogen-bond donors (Lipinski definition) is 0. The van der Waals surface area contributed by atoms with E-state index in [4.69, 9.17) is 4.74 Å². The molecule has 2 aliphatic heterocycles. The van der Waals surface area contributed by atoms with Crippen LogP contribution in [0, 0.1) is 11.3 Å². The van der Waals surface area contributed by atoms with E-state index in [2.05, 4.69) is 6.07 Å². The highest BCUT2D eigenvalue weighted by Crippen LogP contribution is 2.31. The molecule has 6 nitrogen and oxygen atoms in total. The average molecular weight is 396 g/mol. The zero-order chi connectivity index (χ0) is 21.0. The minimum Gasteiger partial charge on any atom is -0.444 e. The van der Waals surface area contributed by atoms with E-state index in [-0.39, 0.29) is 11.9 Å². The van der Waals surface area contributed by atoms with E-state index in [1.807, 2.05) is 63.3 Å². The van der Waals surface area contributed by atoms with Crippen LogP contribution in [0.15, 0.2) is 36.4 Å². The van der Waals surface area contributed by atoms with Crippen LogP contribution in [-0.4, -0.2) is 52.1 Å². The molecule has 3 rings (SSSR count). The SMILES string of the molecule is CC(C)(C)OC(=O)N1C(/C=C/c2ccccc2)CC[C@H]1C(=O)N1CCCC1C#N. The lowest BCUT2D eigenvalue weighted by molar-refractivity contribution is -0.136. The van der Waals surface area contributed by atoms with Crippen molar-refractivity contribution in [2.24, 2.45) is 0 Å². The molecule has 0 N–H and O–H groups in total. The number of likely N-dealkylation sites (tertiary alicyclic amines) is 2. The van der Waals surface area contributed by atoms with Gasteiger partial charge in [-0.15, -0.1) is 0 Å². The first kappa shape index (κ1) is 20.9. The van der Waals surface area contributed by atoms with Crippen molar-refractivity contribution in [3.63, 3.8) is 0 Å². The highest BCUT2D eigenvalue weighted by molar-refractivity contribution is 5.87. The lowest BCUT2D eigenvalue weighted by Gasteiger charge is -2.33. The summed E-state index contributed by atoms with van der Waals surface area (Å²) < 4.78 is 5.62. The van der Waals surface area contributed by atoms with Crippen molar-refractivity contribution in [3.8, 4) is 6.07 Å². The number of nitriles is 1. The van der Waals surface area contributed by atoms with E-state index in [0.29, 0.717) is 25.8 Å². The quantitative estimate of drug-likeness (QED) is 0.776. The Balaban J connectivity index is 1.83. The van der Waals surface area contributed by atoms with E-state index < -0.39 is 23.8 Å². The molecule has 2 amide bonds. The largest absolute Gasteiger partial charge is 0.444 e. The molecule has 0 aliphatic carbocycles. The van der Waals surface area contributed by atoms with Gasteiger partial charge in [0.05, 0.1) is 12.1 Å². The Bertz CT molecular complexity index is 807. The van der Waals surface area contributed by atoms with Gasteiger partial charge in [0.25, 0.3) is 0 Å². The summed E-state index contributed by atoms with van der Waals surface area (Å²) in [6.07, 6.45) is 6.23. The Kier molecular flexibility index (Phi) is 6.26. The number of rotatable bonds is 3. The van der Waals surface area contributed by atoms with Gasteiger partial charge in [-0.2, -0.15) is 5.26 Å². The van der Waals surface area contributed by atoms with Crippen LogP contribution in [0.25, 0.3) is 6.08 Å². The van der Waals surface area contributed by atoms with Crippen LogP contribution in [0.5, 0.6) is 0 Å². The minimum absolute atomic E-state index is 0.143. The number of carbonyl (C=O) groups excluding carboxylic acids is 2. The summed E-state index contributed by atoms with van der Waals surface area (Å²) in [4.78, 5) is 29.4. The van der Waals surface area contributed by atoms with Gasteiger partial charge in [-0.05, 0) is 52.0 Å². The number of nitrogens with zero attached hydrogens (tertiary/aromatic N) is 3. The fraction of sp³-hybridized carbons (Fsp3) is 0.522. The van der Waals surface area contributed by atoms with E-state index in [9.17, 15) is 14.9 Å². The van der Waals surface area contributed by atoms with E-state index in [1.165, 1.54) is 0 Å². The maximum Gasteiger partial charge on any atom is 0.411 e. The maximum atomic E-state index is 13.2. The first-order chi connectivity index (χ1) is 13.8. The molecule has 1 aromatic rings. The second kappa shape index (κ2) is 8.69. The average Bonchev–Trinajstić information content (AvgIpc) is 3.32. The lowest BCUT2D eigenvalue weighted by Crippen LogP contribution is -2.52. The molecule has 2 aliphatic rings. The van der Waals surface area contributed by atoms with Gasteiger partial charge in [-0.3, -0.25) is 9.69 Å². The molecule has 1 aromatic carbocycles. The predicted molar refractivity (Wildman–Crippen MR) is 111 cm³/mol. The van der Waals surface area contributed by atoms with Gasteiger partial charge in [-0.25, -0.2) is 4.79 Å². The topological polar surface area (TPSA) is 73.6 Å². The smallest absolute Gasteiger partial charge is 0.411 e. The third-order valence-corrected chi connectivity index (χ3v) is 5.31. The first-order valence-corrected chi connectivity index (χ1v) is 10.2. The molecule has 2 fully saturated rings. The van der Waals surface area contributed by atoms with Crippen molar-refractivity contribution in [2.75, 3.05) is 6.54 Å². The standard InChI is InChI=1S/C23H29N3O3/c1-23(2,3)29-22(28)26-18(12-11-17-8-5-4-6-9-17)13-14-20(26)21(27)25-15-7-10-19(25)16-24/h4-6,8-9,11-12,18-20H,7,10,13-15H2,1-3H3/b12-11+/t18?,19?,20-/m0/s1. The molecule has 2 saturated heterocycles. The van der Waals surface area contributed by atoms with Crippen molar-refractivity contribution in [2.45, 2.75) is 70.2 Å². The number of ether oxygens (including phenoxy) is 1. The molecule has 29 heavy (non-hydrogen) atoms. The third kappa shape index (κ3) is 4.97. The van der Waals surface area contributed by atoms with Gasteiger partial charge in [0.15, 0.2) is 0 Å². The number of carbonyl (C=O) groups is 2. The molecule has 3 atom stereocenters. The molecule has 0 bridgehead atoms. The van der Waals surface area contributed by atoms with Crippen LogP contribution in [0.2, 0.25) is 0 Å². The predicted octanol–water partition coefficient (Wildman–Crippen LogP) is 3.98. The molecule has 6 heteroatoms. The molecule has 154 valence electrons. The van der Waals surface area contributed by atoms with Crippen LogP contribution in [0.3, 0.4) is 0 Å². The second-order valence-corrected chi connectivity index (χ2v) is 8.64. The van der Waals surface area contributed by atoms with Crippen molar-refractivity contribution in [3.05, 3.63) is 42.0 Å². The monoisotopic (exact) mass is 395 g/mol. The second-order valence-electron chi connectivity index (χ2n) is 8.64. The molecular weight excluding hydrogens is 366 g/mol. The third-order valence-electron chi connectivity index (χ3n) is 5.31. The summed E-state index contributed by atoms with van der Waals surface area (Å²) in [5.41, 5.74) is 0.388. The van der Waals surface area contributed by atoms with Gasteiger partial charge in [0.1, 0.15) is 17.7 Å². The van der Waals surface area contributed by atoms with Crippen LogP contribution >= 0.6 is 0 Å². The highest BCUT2D eigenvalue weighted by atomic mass is 16.6. The summed E-state index contributed by atoms with van der Waals surface area (Å²) in [7, 11) is 0. The van der Waals surface area contributed by atoms with Gasteiger partial charge < -0.3 is 9.64 Å². The number of hydrogen-bond acceptors (Lipinski definition) is 4. The normalized spacial score (nSPS) is 24.7. The Hall–Kier alpha value is -2.81. The molecular formula is C23H29N3O3.